The van der Waals surface area contributed by atoms with Gasteiger partial charge in [0.1, 0.15) is 5.71 Å². The Morgan fingerprint density at radius 3 is 2.21 bits per heavy atom. The first kappa shape index (κ1) is 17.2. The van der Waals surface area contributed by atoms with Crippen LogP contribution in [0.15, 0.2) is 33.6 Å². The van der Waals surface area contributed by atoms with Gasteiger partial charge in [0, 0.05) is 16.8 Å². The van der Waals surface area contributed by atoms with Crippen LogP contribution in [0, 0.1) is 6.92 Å². The fourth-order valence-electron chi connectivity index (χ4n) is 0.905. The molecule has 0 radical (unpaired) electrons. The molecule has 0 atom stereocenters. The van der Waals surface area contributed by atoms with Crippen LogP contribution in [0.4, 0.5) is 0 Å². The fraction of sp³-hybridized carbons (Fsp3) is 0.308. The molecule has 0 spiro atoms. The summed E-state index contributed by atoms with van der Waals surface area (Å²) in [6.45, 7) is 4.03. The van der Waals surface area contributed by atoms with Gasteiger partial charge in [-0.05, 0) is 26.0 Å². The van der Waals surface area contributed by atoms with Crippen molar-refractivity contribution in [2.45, 2.75) is 18.7 Å². The Balaban J connectivity index is 0.000000711. The normalized spacial score (nSPS) is 10.0. The molecule has 0 fully saturated rings. The number of nitrogens with zero attached hydrogens (tertiary/aromatic N) is 1. The summed E-state index contributed by atoms with van der Waals surface area (Å²) in [6, 6.07) is 7.94. The first-order valence-electron chi connectivity index (χ1n) is 5.38. The molecule has 0 aliphatic carbocycles. The monoisotopic (exact) mass is 283 g/mol. The number of benzene rings is 1. The zero-order valence-electron chi connectivity index (χ0n) is 11.4. The summed E-state index contributed by atoms with van der Waals surface area (Å²) >= 11 is 1.27. The van der Waals surface area contributed by atoms with E-state index in [0.29, 0.717) is 12.2 Å². The van der Waals surface area contributed by atoms with E-state index in [1.165, 1.54) is 31.7 Å². The molecule has 0 unspecified atom stereocenters. The van der Waals surface area contributed by atoms with Crippen LogP contribution in [-0.2, 0) is 19.1 Å². The molecule has 1 aromatic carbocycles. The van der Waals surface area contributed by atoms with Crippen LogP contribution in [-0.4, -0.2) is 32.4 Å². The lowest BCUT2D eigenvalue weighted by Crippen LogP contribution is -2.10. The molecule has 104 valence electrons. The third-order valence-corrected chi connectivity index (χ3v) is 2.73. The van der Waals surface area contributed by atoms with Crippen molar-refractivity contribution >= 4 is 30.1 Å². The van der Waals surface area contributed by atoms with E-state index in [1.54, 1.807) is 6.92 Å². The van der Waals surface area contributed by atoms with Gasteiger partial charge in [-0.3, -0.25) is 4.79 Å². The lowest BCUT2D eigenvalue weighted by molar-refractivity contribution is -0.132. The number of carbonyl (C=O) groups is 2. The third-order valence-electron chi connectivity index (χ3n) is 1.89. The van der Waals surface area contributed by atoms with Crippen LogP contribution in [0.1, 0.15) is 12.5 Å². The zero-order chi connectivity index (χ0) is 14.7. The number of aryl methyl sites for hydroxylation is 1. The van der Waals surface area contributed by atoms with Crippen molar-refractivity contribution in [3.05, 3.63) is 29.8 Å². The molecule has 0 saturated carbocycles. The molecule has 19 heavy (non-hydrogen) atoms. The maximum atomic E-state index is 11.0. The van der Waals surface area contributed by atoms with Crippen molar-refractivity contribution in [2.75, 3.05) is 14.2 Å². The fourth-order valence-corrected chi connectivity index (χ4v) is 1.48. The molecule has 0 heterocycles. The van der Waals surface area contributed by atoms with Crippen molar-refractivity contribution in [2.24, 2.45) is 4.40 Å². The first-order valence-corrected chi connectivity index (χ1v) is 6.15. The lowest BCUT2D eigenvalue weighted by atomic mass is 10.2. The summed E-state index contributed by atoms with van der Waals surface area (Å²) in [6.07, 6.45) is 0. The molecular formula is C13H17NO4S. The summed E-state index contributed by atoms with van der Waals surface area (Å²) in [4.78, 5) is 21.0. The highest BCUT2D eigenvalue weighted by Gasteiger charge is 2.04. The highest BCUT2D eigenvalue weighted by atomic mass is 32.2. The summed E-state index contributed by atoms with van der Waals surface area (Å²) in [5.74, 6) is -0.394. The van der Waals surface area contributed by atoms with Gasteiger partial charge in [-0.25, -0.2) is 9.19 Å². The Labute approximate surface area is 117 Å². The maximum Gasteiger partial charge on any atom is 0.352 e. The SMILES string of the molecule is COC(=O)/C(C)=N\Sc1ccc(C)cc1.COC=O. The highest BCUT2D eigenvalue weighted by Crippen LogP contribution is 2.19. The molecule has 0 amide bonds. The van der Waals surface area contributed by atoms with Gasteiger partial charge in [-0.2, -0.15) is 0 Å². The maximum absolute atomic E-state index is 11.0. The molecule has 0 bridgehead atoms. The molecule has 0 aliphatic heterocycles. The van der Waals surface area contributed by atoms with E-state index in [2.05, 4.69) is 13.9 Å². The van der Waals surface area contributed by atoms with Gasteiger partial charge < -0.3 is 9.47 Å². The topological polar surface area (TPSA) is 65.0 Å². The van der Waals surface area contributed by atoms with E-state index >= 15 is 0 Å². The van der Waals surface area contributed by atoms with Gasteiger partial charge in [-0.15, -0.1) is 0 Å². The number of carbonyl (C=O) groups excluding carboxylic acids is 2. The summed E-state index contributed by atoms with van der Waals surface area (Å²) < 4.78 is 12.5. The van der Waals surface area contributed by atoms with Gasteiger partial charge in [0.05, 0.1) is 14.2 Å². The smallest absolute Gasteiger partial charge is 0.352 e. The Bertz CT molecular complexity index is 429. The Morgan fingerprint density at radius 2 is 1.79 bits per heavy atom. The van der Waals surface area contributed by atoms with Crippen LogP contribution in [0.25, 0.3) is 0 Å². The average Bonchev–Trinajstić information content (AvgIpc) is 2.45. The molecule has 0 aliphatic rings. The predicted octanol–water partition coefficient (Wildman–Crippen LogP) is 2.43. The van der Waals surface area contributed by atoms with Gasteiger partial charge >= 0.3 is 5.97 Å². The van der Waals surface area contributed by atoms with Crippen LogP contribution >= 0.6 is 11.9 Å². The molecule has 6 heteroatoms. The summed E-state index contributed by atoms with van der Waals surface area (Å²) in [5.41, 5.74) is 1.57. The molecule has 0 saturated heterocycles. The minimum Gasteiger partial charge on any atom is -0.471 e. The standard InChI is InChI=1S/C11H13NO2S.C2H4O2/c1-8-4-6-10(7-5-8)15-12-9(2)11(13)14-3;1-4-2-3/h4-7H,1-3H3;2H,1H3/b12-9-;. The van der Waals surface area contributed by atoms with E-state index < -0.39 is 5.97 Å². The Morgan fingerprint density at radius 1 is 1.26 bits per heavy atom. The molecule has 0 aromatic heterocycles. The molecule has 0 N–H and O–H groups in total. The van der Waals surface area contributed by atoms with E-state index in [-0.39, 0.29) is 0 Å². The molecule has 5 nitrogen and oxygen atoms in total. The largest absolute Gasteiger partial charge is 0.471 e. The van der Waals surface area contributed by atoms with E-state index in [1.807, 2.05) is 31.2 Å². The van der Waals surface area contributed by atoms with Crippen LogP contribution < -0.4 is 0 Å². The second kappa shape index (κ2) is 10.1. The van der Waals surface area contributed by atoms with Crippen molar-refractivity contribution < 1.29 is 19.1 Å². The van der Waals surface area contributed by atoms with Crippen molar-refractivity contribution in [1.82, 2.24) is 0 Å². The molecular weight excluding hydrogens is 266 g/mol. The molecule has 1 rings (SSSR count). The third kappa shape index (κ3) is 7.99. The second-order valence-corrected chi connectivity index (χ2v) is 4.24. The van der Waals surface area contributed by atoms with Gasteiger partial charge in [-0.1, -0.05) is 17.7 Å². The summed E-state index contributed by atoms with van der Waals surface area (Å²) in [5, 5.41) is 0. The Hall–Kier alpha value is -1.82. The average molecular weight is 283 g/mol. The van der Waals surface area contributed by atoms with Crippen LogP contribution in [0.3, 0.4) is 0 Å². The van der Waals surface area contributed by atoms with Crippen molar-refractivity contribution in [1.29, 1.82) is 0 Å². The van der Waals surface area contributed by atoms with Crippen molar-refractivity contribution in [3.8, 4) is 0 Å². The number of esters is 1. The number of hydrogen-bond donors (Lipinski definition) is 0. The van der Waals surface area contributed by atoms with E-state index in [4.69, 9.17) is 4.79 Å². The quantitative estimate of drug-likeness (QED) is 0.367. The number of rotatable bonds is 4. The van der Waals surface area contributed by atoms with Crippen LogP contribution in [0.2, 0.25) is 0 Å². The molecule has 1 aromatic rings. The predicted molar refractivity (Wildman–Crippen MR) is 75.2 cm³/mol. The zero-order valence-corrected chi connectivity index (χ0v) is 12.2. The Kier molecular flexibility index (Phi) is 9.16. The number of methoxy groups -OCH3 is 2. The lowest BCUT2D eigenvalue weighted by Gasteiger charge is -1.98. The minimum absolute atomic E-state index is 0.364. The minimum atomic E-state index is -0.394. The van der Waals surface area contributed by atoms with Gasteiger partial charge in [0.25, 0.3) is 6.47 Å². The number of hydrogen-bond acceptors (Lipinski definition) is 6. The second-order valence-electron chi connectivity index (χ2n) is 3.40. The van der Waals surface area contributed by atoms with Crippen LogP contribution in [0.5, 0.6) is 0 Å². The first-order chi connectivity index (χ1) is 9.04. The summed E-state index contributed by atoms with van der Waals surface area (Å²) in [7, 11) is 2.66. The van der Waals surface area contributed by atoms with Gasteiger partial charge in [0.2, 0.25) is 0 Å². The van der Waals surface area contributed by atoms with E-state index in [0.717, 1.165) is 4.90 Å². The van der Waals surface area contributed by atoms with Gasteiger partial charge in [0.15, 0.2) is 0 Å². The van der Waals surface area contributed by atoms with Crippen molar-refractivity contribution in [3.63, 3.8) is 0 Å². The highest BCUT2D eigenvalue weighted by molar-refractivity contribution is 7.98. The van der Waals surface area contributed by atoms with E-state index in [9.17, 15) is 4.79 Å². The number of ether oxygens (including phenoxy) is 2.